The topological polar surface area (TPSA) is 21.3 Å². The molecule has 2 aromatic carbocycles. The number of benzene rings is 2. The van der Waals surface area contributed by atoms with Gasteiger partial charge >= 0.3 is 0 Å². The van der Waals surface area contributed by atoms with Crippen molar-refractivity contribution in [1.82, 2.24) is 0 Å². The van der Waals surface area contributed by atoms with Crippen LogP contribution in [0, 0.1) is 0 Å². The molecule has 0 saturated heterocycles. The predicted molar refractivity (Wildman–Crippen MR) is 83.6 cm³/mol. The Kier molecular flexibility index (Phi) is 5.04. The molecule has 0 aliphatic heterocycles. The van der Waals surface area contributed by atoms with Crippen molar-refractivity contribution >= 4 is 21.6 Å². The number of nitrogens with one attached hydrogen (secondary N) is 1. The van der Waals surface area contributed by atoms with E-state index in [4.69, 9.17) is 4.74 Å². The van der Waals surface area contributed by atoms with Crippen molar-refractivity contribution in [3.63, 3.8) is 0 Å². The van der Waals surface area contributed by atoms with Crippen molar-refractivity contribution in [1.29, 1.82) is 0 Å². The van der Waals surface area contributed by atoms with Crippen molar-refractivity contribution in [3.05, 3.63) is 71.2 Å². The van der Waals surface area contributed by atoms with Gasteiger partial charge in [-0.1, -0.05) is 40.7 Å². The smallest absolute Gasteiger partial charge is 0.120 e. The van der Waals surface area contributed by atoms with Gasteiger partial charge in [0.2, 0.25) is 0 Å². The number of rotatable bonds is 6. The zero-order valence-electron chi connectivity index (χ0n) is 10.6. The molecular formula is C16H16BrNO. The summed E-state index contributed by atoms with van der Waals surface area (Å²) in [5.74, 6) is 0.870. The van der Waals surface area contributed by atoms with Gasteiger partial charge in [0.1, 0.15) is 12.4 Å². The molecule has 0 bridgehead atoms. The molecule has 19 heavy (non-hydrogen) atoms. The highest BCUT2D eigenvalue weighted by Crippen LogP contribution is 2.17. The molecule has 2 nitrogen and oxygen atoms in total. The molecule has 0 aromatic heterocycles. The third-order valence-corrected chi connectivity index (χ3v) is 3.14. The molecule has 98 valence electrons. The van der Waals surface area contributed by atoms with Crippen molar-refractivity contribution in [3.8, 4) is 5.75 Å². The average molecular weight is 318 g/mol. The third-order valence-electron chi connectivity index (χ3n) is 2.61. The average Bonchev–Trinajstić information content (AvgIpc) is 2.45. The predicted octanol–water partition coefficient (Wildman–Crippen LogP) is 4.63. The first-order valence-electron chi connectivity index (χ1n) is 6.10. The Morgan fingerprint density at radius 2 is 1.95 bits per heavy atom. The van der Waals surface area contributed by atoms with E-state index in [-0.39, 0.29) is 0 Å². The van der Waals surface area contributed by atoms with E-state index in [1.54, 1.807) is 6.08 Å². The lowest BCUT2D eigenvalue weighted by Gasteiger charge is -2.09. The minimum absolute atomic E-state index is 0.531. The summed E-state index contributed by atoms with van der Waals surface area (Å²) in [7, 11) is 0. The highest BCUT2D eigenvalue weighted by Gasteiger charge is 1.97. The van der Waals surface area contributed by atoms with Crippen LogP contribution in [0.5, 0.6) is 5.75 Å². The van der Waals surface area contributed by atoms with Crippen molar-refractivity contribution in [2.75, 3.05) is 11.9 Å². The van der Waals surface area contributed by atoms with Gasteiger partial charge in [-0.15, -0.1) is 0 Å². The highest BCUT2D eigenvalue weighted by atomic mass is 79.9. The lowest BCUT2D eigenvalue weighted by Crippen LogP contribution is -2.00. The summed E-state index contributed by atoms with van der Waals surface area (Å²) in [5.41, 5.74) is 2.28. The van der Waals surface area contributed by atoms with Crippen LogP contribution in [-0.4, -0.2) is 6.61 Å². The number of anilines is 1. The maximum atomic E-state index is 5.51. The second-order valence-corrected chi connectivity index (χ2v) is 5.02. The Morgan fingerprint density at radius 3 is 2.68 bits per heavy atom. The fourth-order valence-electron chi connectivity index (χ4n) is 1.67. The summed E-state index contributed by atoms with van der Waals surface area (Å²) in [6, 6.07) is 16.2. The molecule has 2 aromatic rings. The minimum atomic E-state index is 0.531. The molecule has 0 fully saturated rings. The van der Waals surface area contributed by atoms with E-state index in [9.17, 15) is 0 Å². The molecule has 0 radical (unpaired) electrons. The molecular weight excluding hydrogens is 302 g/mol. The Labute approximate surface area is 122 Å². The molecule has 3 heteroatoms. The monoisotopic (exact) mass is 317 g/mol. The molecule has 0 heterocycles. The zero-order valence-corrected chi connectivity index (χ0v) is 12.2. The van der Waals surface area contributed by atoms with Crippen LogP contribution in [0.1, 0.15) is 5.56 Å². The summed E-state index contributed by atoms with van der Waals surface area (Å²) in [5, 5.41) is 3.37. The standard InChI is InChI=1S/C16H16BrNO/c1-2-10-19-16-5-3-4-13(11-16)12-18-15-8-6-14(17)7-9-15/h2-9,11,18H,1,10,12H2. The van der Waals surface area contributed by atoms with Gasteiger partial charge in [0, 0.05) is 16.7 Å². The molecule has 0 aliphatic carbocycles. The van der Waals surface area contributed by atoms with E-state index in [2.05, 4.69) is 33.9 Å². The van der Waals surface area contributed by atoms with Crippen LogP contribution in [0.3, 0.4) is 0 Å². The quantitative estimate of drug-likeness (QED) is 0.784. The largest absolute Gasteiger partial charge is 0.490 e. The highest BCUT2D eigenvalue weighted by molar-refractivity contribution is 9.10. The summed E-state index contributed by atoms with van der Waals surface area (Å²) in [4.78, 5) is 0. The van der Waals surface area contributed by atoms with E-state index in [0.29, 0.717) is 6.61 Å². The van der Waals surface area contributed by atoms with Crippen molar-refractivity contribution < 1.29 is 4.74 Å². The number of hydrogen-bond donors (Lipinski definition) is 1. The zero-order chi connectivity index (χ0) is 13.5. The molecule has 0 unspecified atom stereocenters. The maximum Gasteiger partial charge on any atom is 0.120 e. The third kappa shape index (κ3) is 4.45. The molecule has 0 atom stereocenters. The van der Waals surface area contributed by atoms with Crippen LogP contribution < -0.4 is 10.1 Å². The van der Waals surface area contributed by atoms with Crippen LogP contribution in [0.2, 0.25) is 0 Å². The molecule has 2 rings (SSSR count). The van der Waals surface area contributed by atoms with E-state index in [0.717, 1.165) is 22.5 Å². The summed E-state index contributed by atoms with van der Waals surface area (Å²) < 4.78 is 6.59. The van der Waals surface area contributed by atoms with Gasteiger partial charge in [0.05, 0.1) is 0 Å². The fourth-order valence-corrected chi connectivity index (χ4v) is 1.94. The first-order valence-corrected chi connectivity index (χ1v) is 6.89. The first-order chi connectivity index (χ1) is 9.28. The van der Waals surface area contributed by atoms with Gasteiger partial charge < -0.3 is 10.1 Å². The summed E-state index contributed by atoms with van der Waals surface area (Å²) >= 11 is 3.42. The molecule has 0 saturated carbocycles. The van der Waals surface area contributed by atoms with Gasteiger partial charge in [-0.2, -0.15) is 0 Å². The number of hydrogen-bond acceptors (Lipinski definition) is 2. The minimum Gasteiger partial charge on any atom is -0.490 e. The summed E-state index contributed by atoms with van der Waals surface area (Å²) in [6.07, 6.45) is 1.74. The lowest BCUT2D eigenvalue weighted by atomic mass is 10.2. The van der Waals surface area contributed by atoms with Gasteiger partial charge in [-0.05, 0) is 42.0 Å². The van der Waals surface area contributed by atoms with E-state index < -0.39 is 0 Å². The fraction of sp³-hybridized carbons (Fsp3) is 0.125. The Hall–Kier alpha value is -1.74. The van der Waals surface area contributed by atoms with Gasteiger partial charge in [0.25, 0.3) is 0 Å². The number of halogens is 1. The second-order valence-electron chi connectivity index (χ2n) is 4.11. The Balaban J connectivity index is 1.95. The second kappa shape index (κ2) is 7.00. The van der Waals surface area contributed by atoms with Crippen molar-refractivity contribution in [2.24, 2.45) is 0 Å². The number of ether oxygens (including phenoxy) is 1. The van der Waals surface area contributed by atoms with Crippen LogP contribution in [-0.2, 0) is 6.54 Å². The van der Waals surface area contributed by atoms with Gasteiger partial charge in [0.15, 0.2) is 0 Å². The Morgan fingerprint density at radius 1 is 1.16 bits per heavy atom. The van der Waals surface area contributed by atoms with E-state index >= 15 is 0 Å². The van der Waals surface area contributed by atoms with Crippen molar-refractivity contribution in [2.45, 2.75) is 6.54 Å². The van der Waals surface area contributed by atoms with Crippen LogP contribution in [0.25, 0.3) is 0 Å². The SMILES string of the molecule is C=CCOc1cccc(CNc2ccc(Br)cc2)c1. The molecule has 1 N–H and O–H groups in total. The van der Waals surface area contributed by atoms with Crippen LogP contribution in [0.15, 0.2) is 65.7 Å². The Bertz CT molecular complexity index is 537. The normalized spacial score (nSPS) is 9.95. The van der Waals surface area contributed by atoms with E-state index in [1.807, 2.05) is 42.5 Å². The van der Waals surface area contributed by atoms with Gasteiger partial charge in [-0.25, -0.2) is 0 Å². The molecule has 0 aliphatic rings. The maximum absolute atomic E-state index is 5.51. The molecule has 0 spiro atoms. The van der Waals surface area contributed by atoms with Crippen LogP contribution in [0.4, 0.5) is 5.69 Å². The van der Waals surface area contributed by atoms with E-state index in [1.165, 1.54) is 5.56 Å². The van der Waals surface area contributed by atoms with Gasteiger partial charge in [-0.3, -0.25) is 0 Å². The summed E-state index contributed by atoms with van der Waals surface area (Å²) in [6.45, 7) is 4.94. The molecule has 0 amide bonds. The lowest BCUT2D eigenvalue weighted by molar-refractivity contribution is 0.363. The first kappa shape index (κ1) is 13.7. The van der Waals surface area contributed by atoms with Crippen LogP contribution >= 0.6 is 15.9 Å².